The highest BCUT2D eigenvalue weighted by Gasteiger charge is 2.33. The van der Waals surface area contributed by atoms with Gasteiger partial charge in [0.1, 0.15) is 11.4 Å². The molecule has 1 heterocycles. The summed E-state index contributed by atoms with van der Waals surface area (Å²) in [6.07, 6.45) is 8.33. The lowest BCUT2D eigenvalue weighted by Crippen LogP contribution is -2.30. The number of imide groups is 1. The molecule has 0 radical (unpaired) electrons. The van der Waals surface area contributed by atoms with Gasteiger partial charge in [-0.3, -0.25) is 14.4 Å². The average Bonchev–Trinajstić information content (AvgIpc) is 3.19. The number of rotatable bonds is 11. The number of carbonyl (C=O) groups is 4. The minimum absolute atomic E-state index is 0.0104. The van der Waals surface area contributed by atoms with Crippen LogP contribution in [0.4, 0.5) is 17.1 Å². The second-order valence-corrected chi connectivity index (χ2v) is 8.16. The number of amides is 3. The van der Waals surface area contributed by atoms with Crippen LogP contribution >= 0.6 is 0 Å². The molecule has 0 aliphatic carbocycles. The van der Waals surface area contributed by atoms with Gasteiger partial charge in [0.15, 0.2) is 0 Å². The van der Waals surface area contributed by atoms with Crippen molar-refractivity contribution in [3.63, 3.8) is 0 Å². The third-order valence-corrected chi connectivity index (χ3v) is 5.53. The highest BCUT2D eigenvalue weighted by molar-refractivity contribution is 6.22. The molecular formula is C26H26N4O6. The molecule has 2 aromatic rings. The molecule has 0 aromatic heterocycles. The minimum atomic E-state index is -1.29. The zero-order chi connectivity index (χ0) is 26.1. The van der Waals surface area contributed by atoms with Crippen LogP contribution in [0.15, 0.2) is 46.6 Å². The number of azo groups is 1. The number of carboxylic acid groups (broad SMARTS) is 1. The van der Waals surface area contributed by atoms with Crippen LogP contribution in [0.1, 0.15) is 54.4 Å². The molecule has 1 fully saturated rings. The zero-order valence-electron chi connectivity index (χ0n) is 19.6. The second-order valence-electron chi connectivity index (χ2n) is 8.16. The predicted molar refractivity (Wildman–Crippen MR) is 131 cm³/mol. The zero-order valence-corrected chi connectivity index (χ0v) is 19.6. The van der Waals surface area contributed by atoms with Crippen LogP contribution in [0, 0.1) is 12.3 Å². The molecule has 0 unspecified atom stereocenters. The summed E-state index contributed by atoms with van der Waals surface area (Å²) < 4.78 is 0. The first kappa shape index (κ1) is 26.1. The Balaban J connectivity index is 1.69. The van der Waals surface area contributed by atoms with Gasteiger partial charge in [0.05, 0.1) is 16.9 Å². The number of anilines is 1. The summed E-state index contributed by atoms with van der Waals surface area (Å²) in [6.45, 7) is 0.410. The van der Waals surface area contributed by atoms with Crippen LogP contribution in [0.25, 0.3) is 0 Å². The Labute approximate surface area is 208 Å². The number of unbranched alkanes of at least 4 members (excludes halogenated alkanes) is 2. The highest BCUT2D eigenvalue weighted by Crippen LogP contribution is 2.33. The summed E-state index contributed by atoms with van der Waals surface area (Å²) >= 11 is 0. The molecule has 3 rings (SSSR count). The summed E-state index contributed by atoms with van der Waals surface area (Å²) in [5.74, 6) is 0.113. The number of terminal acetylenes is 1. The van der Waals surface area contributed by atoms with E-state index in [9.17, 15) is 29.4 Å². The van der Waals surface area contributed by atoms with Crippen LogP contribution in [-0.4, -0.2) is 40.4 Å². The van der Waals surface area contributed by atoms with Crippen molar-refractivity contribution in [1.82, 2.24) is 5.32 Å². The van der Waals surface area contributed by atoms with E-state index in [0.717, 1.165) is 23.3 Å². The lowest BCUT2D eigenvalue weighted by molar-refractivity contribution is -0.122. The molecule has 10 heteroatoms. The van der Waals surface area contributed by atoms with E-state index in [2.05, 4.69) is 21.5 Å². The van der Waals surface area contributed by atoms with E-state index < -0.39 is 17.8 Å². The summed E-state index contributed by atoms with van der Waals surface area (Å²) in [4.78, 5) is 48.6. The van der Waals surface area contributed by atoms with Gasteiger partial charge in [-0.2, -0.15) is 5.11 Å². The first-order valence-corrected chi connectivity index (χ1v) is 11.5. The van der Waals surface area contributed by atoms with E-state index in [1.165, 1.54) is 24.3 Å². The minimum Gasteiger partial charge on any atom is -0.506 e. The van der Waals surface area contributed by atoms with Crippen molar-refractivity contribution in [2.24, 2.45) is 10.2 Å². The van der Waals surface area contributed by atoms with Crippen molar-refractivity contribution in [3.8, 4) is 18.1 Å². The fraction of sp³-hybridized carbons (Fsp3) is 0.308. The van der Waals surface area contributed by atoms with Crippen molar-refractivity contribution in [2.45, 2.75) is 44.9 Å². The number of aromatic hydroxyl groups is 1. The Morgan fingerprint density at radius 3 is 2.50 bits per heavy atom. The lowest BCUT2D eigenvalue weighted by atomic mass is 10.1. The number of hydrogen-bond acceptors (Lipinski definition) is 7. The van der Waals surface area contributed by atoms with E-state index in [1.807, 2.05) is 0 Å². The third kappa shape index (κ3) is 6.76. The van der Waals surface area contributed by atoms with Gasteiger partial charge in [-0.05, 0) is 55.2 Å². The highest BCUT2D eigenvalue weighted by atomic mass is 16.4. The normalized spacial score (nSPS) is 13.2. The molecule has 2 aromatic carbocycles. The van der Waals surface area contributed by atoms with E-state index in [4.69, 9.17) is 6.42 Å². The first-order valence-electron chi connectivity index (χ1n) is 11.5. The fourth-order valence-corrected chi connectivity index (χ4v) is 3.66. The van der Waals surface area contributed by atoms with E-state index >= 15 is 0 Å². The number of phenolic OH excluding ortho intramolecular Hbond substituents is 1. The Bertz CT molecular complexity index is 1230. The Morgan fingerprint density at radius 2 is 1.81 bits per heavy atom. The number of aromatic carboxylic acids is 1. The Morgan fingerprint density at radius 1 is 1.06 bits per heavy atom. The molecule has 0 bridgehead atoms. The number of nitrogens with one attached hydrogen (secondary N) is 1. The van der Waals surface area contributed by atoms with Gasteiger partial charge in [0.2, 0.25) is 17.7 Å². The van der Waals surface area contributed by atoms with Gasteiger partial charge in [-0.15, -0.1) is 17.5 Å². The maximum atomic E-state index is 12.1. The standard InChI is InChI=1S/C26H26N4O6/c1-2-3-4-5-6-23(32)27-14-13-17-7-10-22(31)20(15-17)29-28-18-8-9-19(26(35)36)21(16-18)30-24(33)11-12-25(30)34/h1,7-10,15-16,31H,3-6,11-14H2,(H,27,32)(H,35,36). The summed E-state index contributed by atoms with van der Waals surface area (Å²) in [7, 11) is 0. The van der Waals surface area contributed by atoms with E-state index in [-0.39, 0.29) is 47.1 Å². The van der Waals surface area contributed by atoms with Crippen LogP contribution < -0.4 is 10.2 Å². The predicted octanol–water partition coefficient (Wildman–Crippen LogP) is 4.01. The first-order chi connectivity index (χ1) is 17.3. The number of hydrogen-bond donors (Lipinski definition) is 3. The number of carboxylic acids is 1. The molecule has 0 spiro atoms. The summed E-state index contributed by atoms with van der Waals surface area (Å²) in [5, 5.41) is 30.6. The number of carbonyl (C=O) groups excluding carboxylic acids is 3. The molecule has 1 aliphatic rings. The van der Waals surface area contributed by atoms with Crippen molar-refractivity contribution < 1.29 is 29.4 Å². The topological polar surface area (TPSA) is 149 Å². The molecule has 1 saturated heterocycles. The Hall–Kier alpha value is -4.52. The Kier molecular flexibility index (Phi) is 8.89. The quantitative estimate of drug-likeness (QED) is 0.188. The number of benzene rings is 2. The molecule has 186 valence electrons. The van der Waals surface area contributed by atoms with Crippen LogP contribution in [0.2, 0.25) is 0 Å². The van der Waals surface area contributed by atoms with Crippen molar-refractivity contribution in [2.75, 3.05) is 11.4 Å². The maximum Gasteiger partial charge on any atom is 0.337 e. The van der Waals surface area contributed by atoms with Gasteiger partial charge in [-0.25, -0.2) is 9.69 Å². The smallest absolute Gasteiger partial charge is 0.337 e. The summed E-state index contributed by atoms with van der Waals surface area (Å²) in [5.41, 5.74) is 0.902. The third-order valence-electron chi connectivity index (χ3n) is 5.53. The monoisotopic (exact) mass is 490 g/mol. The van der Waals surface area contributed by atoms with Gasteiger partial charge in [0.25, 0.3) is 0 Å². The largest absolute Gasteiger partial charge is 0.506 e. The lowest BCUT2D eigenvalue weighted by Gasteiger charge is -2.16. The SMILES string of the molecule is C#CCCCCC(=O)NCCc1ccc(O)c(N=Nc2ccc(C(=O)O)c(N3C(=O)CCC3=O)c2)c1. The van der Waals surface area contributed by atoms with E-state index in [0.29, 0.717) is 25.8 Å². The molecule has 0 saturated carbocycles. The van der Waals surface area contributed by atoms with Crippen molar-refractivity contribution >= 4 is 40.8 Å². The van der Waals surface area contributed by atoms with Gasteiger partial charge in [0, 0.05) is 32.2 Å². The maximum absolute atomic E-state index is 12.1. The molecule has 10 nitrogen and oxygen atoms in total. The average molecular weight is 491 g/mol. The molecule has 36 heavy (non-hydrogen) atoms. The van der Waals surface area contributed by atoms with Crippen LogP contribution in [0.3, 0.4) is 0 Å². The number of phenols is 1. The van der Waals surface area contributed by atoms with Gasteiger partial charge in [-0.1, -0.05) is 6.07 Å². The molecule has 0 atom stereocenters. The fourth-order valence-electron chi connectivity index (χ4n) is 3.66. The van der Waals surface area contributed by atoms with Crippen molar-refractivity contribution in [1.29, 1.82) is 0 Å². The molecule has 1 aliphatic heterocycles. The molecule has 3 amide bonds. The van der Waals surface area contributed by atoms with Crippen molar-refractivity contribution in [3.05, 3.63) is 47.5 Å². The second kappa shape index (κ2) is 12.3. The summed E-state index contributed by atoms with van der Waals surface area (Å²) in [6, 6.07) is 8.73. The number of nitrogens with zero attached hydrogens (tertiary/aromatic N) is 3. The van der Waals surface area contributed by atoms with Gasteiger partial charge < -0.3 is 15.5 Å². The van der Waals surface area contributed by atoms with Crippen LogP contribution in [-0.2, 0) is 20.8 Å². The molecule has 3 N–H and O–H groups in total. The molecular weight excluding hydrogens is 464 g/mol. The van der Waals surface area contributed by atoms with Gasteiger partial charge >= 0.3 is 5.97 Å². The van der Waals surface area contributed by atoms with E-state index in [1.54, 1.807) is 12.1 Å². The van der Waals surface area contributed by atoms with Crippen LogP contribution in [0.5, 0.6) is 5.75 Å².